The molecule has 31 heavy (non-hydrogen) atoms. The number of aryl methyl sites for hydroxylation is 1. The Labute approximate surface area is 183 Å². The number of hydrogen-bond donors (Lipinski definition) is 0. The third kappa shape index (κ3) is 4.06. The minimum Gasteiger partial charge on any atom is -0.493 e. The molecular weight excluding hydrogens is 386 g/mol. The average molecular weight is 418 g/mol. The summed E-state index contributed by atoms with van der Waals surface area (Å²) in [7, 11) is 0. The molecule has 2 unspecified atom stereocenters. The molecule has 1 fully saturated rings. The van der Waals surface area contributed by atoms with Gasteiger partial charge in [0.1, 0.15) is 11.4 Å². The summed E-state index contributed by atoms with van der Waals surface area (Å²) in [4.78, 5) is 20.2. The zero-order chi connectivity index (χ0) is 21.4. The molecule has 2 aromatic heterocycles. The van der Waals surface area contributed by atoms with Gasteiger partial charge in [-0.25, -0.2) is 4.98 Å². The van der Waals surface area contributed by atoms with Crippen molar-refractivity contribution in [2.75, 3.05) is 24.6 Å². The predicted octanol–water partition coefficient (Wildman–Crippen LogP) is 4.95. The number of fused-ring (bicyclic) bond motifs is 2. The summed E-state index contributed by atoms with van der Waals surface area (Å²) in [6.07, 6.45) is 7.64. The molecule has 1 aromatic carbocycles. The second-order valence-corrected chi connectivity index (χ2v) is 9.24. The van der Waals surface area contributed by atoms with Gasteiger partial charge in [-0.1, -0.05) is 13.8 Å². The molecule has 3 aromatic rings. The lowest BCUT2D eigenvalue weighted by Crippen LogP contribution is -2.31. The second kappa shape index (κ2) is 8.37. The number of ether oxygens (including phenoxy) is 1. The van der Waals surface area contributed by atoms with Crippen LogP contribution in [-0.4, -0.2) is 29.1 Å². The number of anilines is 1. The first-order valence-corrected chi connectivity index (χ1v) is 11.6. The zero-order valence-electron chi connectivity index (χ0n) is 18.5. The van der Waals surface area contributed by atoms with Crippen LogP contribution in [0.25, 0.3) is 16.9 Å². The quantitative estimate of drug-likeness (QED) is 0.592. The highest BCUT2D eigenvalue weighted by atomic mass is 16.5. The van der Waals surface area contributed by atoms with E-state index >= 15 is 0 Å². The highest BCUT2D eigenvalue weighted by Gasteiger charge is 2.19. The molecule has 0 aliphatic carbocycles. The van der Waals surface area contributed by atoms with Gasteiger partial charge in [0.2, 0.25) is 0 Å². The van der Waals surface area contributed by atoms with Gasteiger partial charge in [-0.3, -0.25) is 9.20 Å². The standard InChI is InChI=1S/C26H31N3O2/c1-18-5-3-12-28(13-11-19(18)2)22-8-10-25-27-23(16-26(30)29(25)17-22)20-7-9-24-21(15-20)6-4-14-31-24/h7-10,15-19H,3-6,11-14H2,1-2H3. The molecular formula is C26H31N3O2. The maximum atomic E-state index is 13.0. The van der Waals surface area contributed by atoms with Crippen LogP contribution >= 0.6 is 0 Å². The van der Waals surface area contributed by atoms with Gasteiger partial charge in [-0.15, -0.1) is 0 Å². The van der Waals surface area contributed by atoms with Crippen molar-refractivity contribution >= 4 is 11.3 Å². The maximum absolute atomic E-state index is 13.0. The lowest BCUT2D eigenvalue weighted by atomic mass is 9.87. The number of rotatable bonds is 2. The summed E-state index contributed by atoms with van der Waals surface area (Å²) in [5, 5.41) is 0. The van der Waals surface area contributed by atoms with Crippen LogP contribution in [-0.2, 0) is 6.42 Å². The van der Waals surface area contributed by atoms with E-state index in [1.54, 1.807) is 10.5 Å². The first kappa shape index (κ1) is 20.1. The van der Waals surface area contributed by atoms with Gasteiger partial charge in [0, 0.05) is 30.9 Å². The second-order valence-electron chi connectivity index (χ2n) is 9.24. The summed E-state index contributed by atoms with van der Waals surface area (Å²) in [5.74, 6) is 2.48. The Hall–Kier alpha value is -2.82. The molecule has 1 saturated heterocycles. The van der Waals surface area contributed by atoms with Crippen LogP contribution in [0.3, 0.4) is 0 Å². The van der Waals surface area contributed by atoms with Crippen molar-refractivity contribution in [1.29, 1.82) is 0 Å². The number of benzene rings is 1. The van der Waals surface area contributed by atoms with Crippen molar-refractivity contribution in [3.05, 3.63) is 58.5 Å². The molecule has 162 valence electrons. The van der Waals surface area contributed by atoms with Gasteiger partial charge in [0.15, 0.2) is 0 Å². The summed E-state index contributed by atoms with van der Waals surface area (Å²) in [5.41, 5.74) is 4.65. The van der Waals surface area contributed by atoms with Gasteiger partial charge in [-0.05, 0) is 79.8 Å². The van der Waals surface area contributed by atoms with Crippen molar-refractivity contribution in [3.8, 4) is 17.0 Å². The van der Waals surface area contributed by atoms with E-state index in [2.05, 4.69) is 30.9 Å². The van der Waals surface area contributed by atoms with Crippen molar-refractivity contribution in [2.45, 2.75) is 46.0 Å². The Balaban J connectivity index is 1.46. The van der Waals surface area contributed by atoms with Gasteiger partial charge < -0.3 is 9.64 Å². The normalized spacial score (nSPS) is 21.8. The predicted molar refractivity (Wildman–Crippen MR) is 125 cm³/mol. The van der Waals surface area contributed by atoms with Gasteiger partial charge >= 0.3 is 0 Å². The average Bonchev–Trinajstić information content (AvgIpc) is 2.79. The molecule has 0 spiro atoms. The van der Waals surface area contributed by atoms with Gasteiger partial charge in [0.25, 0.3) is 5.56 Å². The molecule has 0 saturated carbocycles. The number of hydrogen-bond acceptors (Lipinski definition) is 4. The molecule has 0 radical (unpaired) electrons. The molecule has 4 heterocycles. The van der Waals surface area contributed by atoms with Crippen LogP contribution in [0, 0.1) is 11.8 Å². The first-order chi connectivity index (χ1) is 15.1. The molecule has 2 aliphatic rings. The number of pyridine rings is 1. The number of nitrogens with zero attached hydrogens (tertiary/aromatic N) is 3. The molecule has 2 atom stereocenters. The van der Waals surface area contributed by atoms with E-state index in [0.717, 1.165) is 67.1 Å². The Morgan fingerprint density at radius 1 is 1.00 bits per heavy atom. The molecule has 5 heteroatoms. The minimum atomic E-state index is -0.0372. The third-order valence-corrected chi connectivity index (χ3v) is 7.13. The fourth-order valence-electron chi connectivity index (χ4n) is 4.85. The van der Waals surface area contributed by atoms with E-state index in [9.17, 15) is 4.79 Å². The SMILES string of the molecule is CC1CCCN(c2ccc3nc(-c4ccc5c(c4)CCCO5)cc(=O)n3c2)CCC1C. The fourth-order valence-corrected chi connectivity index (χ4v) is 4.85. The molecule has 5 nitrogen and oxygen atoms in total. The topological polar surface area (TPSA) is 46.8 Å². The zero-order valence-corrected chi connectivity index (χ0v) is 18.5. The van der Waals surface area contributed by atoms with Crippen molar-refractivity contribution in [3.63, 3.8) is 0 Å². The van der Waals surface area contributed by atoms with E-state index in [-0.39, 0.29) is 5.56 Å². The van der Waals surface area contributed by atoms with Gasteiger partial charge in [0.05, 0.1) is 18.0 Å². The van der Waals surface area contributed by atoms with Crippen molar-refractivity contribution in [1.82, 2.24) is 9.38 Å². The monoisotopic (exact) mass is 417 g/mol. The van der Waals surface area contributed by atoms with Crippen molar-refractivity contribution in [2.24, 2.45) is 11.8 Å². The summed E-state index contributed by atoms with van der Waals surface area (Å²) in [6, 6.07) is 11.9. The molecule has 0 bridgehead atoms. The van der Waals surface area contributed by atoms with E-state index in [1.165, 1.54) is 24.8 Å². The molecule has 5 rings (SSSR count). The van der Waals surface area contributed by atoms with Crippen molar-refractivity contribution < 1.29 is 4.74 Å². The van der Waals surface area contributed by atoms with Crippen LogP contribution in [0.2, 0.25) is 0 Å². The third-order valence-electron chi connectivity index (χ3n) is 7.13. The number of aromatic nitrogens is 2. The lowest BCUT2D eigenvalue weighted by Gasteiger charge is -2.31. The summed E-state index contributed by atoms with van der Waals surface area (Å²) < 4.78 is 7.40. The Morgan fingerprint density at radius 2 is 1.87 bits per heavy atom. The highest BCUT2D eigenvalue weighted by molar-refractivity contribution is 5.65. The summed E-state index contributed by atoms with van der Waals surface area (Å²) >= 11 is 0. The summed E-state index contributed by atoms with van der Waals surface area (Å²) in [6.45, 7) is 7.58. The Kier molecular flexibility index (Phi) is 5.43. The molecule has 0 N–H and O–H groups in total. The van der Waals surface area contributed by atoms with Crippen LogP contribution in [0.1, 0.15) is 45.1 Å². The van der Waals surface area contributed by atoms with E-state index in [0.29, 0.717) is 5.65 Å². The van der Waals surface area contributed by atoms with Crippen LogP contribution in [0.5, 0.6) is 5.75 Å². The largest absolute Gasteiger partial charge is 0.493 e. The molecule has 0 amide bonds. The van der Waals surface area contributed by atoms with E-state index in [4.69, 9.17) is 9.72 Å². The van der Waals surface area contributed by atoms with Gasteiger partial charge in [-0.2, -0.15) is 0 Å². The highest BCUT2D eigenvalue weighted by Crippen LogP contribution is 2.30. The minimum absolute atomic E-state index is 0.0372. The van der Waals surface area contributed by atoms with E-state index < -0.39 is 0 Å². The Bertz CT molecular complexity index is 1150. The maximum Gasteiger partial charge on any atom is 0.258 e. The lowest BCUT2D eigenvalue weighted by molar-refractivity contribution is 0.288. The van der Waals surface area contributed by atoms with Crippen LogP contribution in [0.4, 0.5) is 5.69 Å². The fraction of sp³-hybridized carbons (Fsp3) is 0.462. The van der Waals surface area contributed by atoms with E-state index in [1.807, 2.05) is 24.4 Å². The first-order valence-electron chi connectivity index (χ1n) is 11.6. The molecule has 2 aliphatic heterocycles. The Morgan fingerprint density at radius 3 is 2.77 bits per heavy atom. The van der Waals surface area contributed by atoms with Crippen LogP contribution in [0.15, 0.2) is 47.4 Å². The van der Waals surface area contributed by atoms with Crippen LogP contribution < -0.4 is 15.2 Å². The smallest absolute Gasteiger partial charge is 0.258 e.